The zero-order valence-corrected chi connectivity index (χ0v) is 11.8. The highest BCUT2D eigenvalue weighted by Crippen LogP contribution is 2.33. The lowest BCUT2D eigenvalue weighted by Crippen LogP contribution is -2.48. The monoisotopic (exact) mass is 272 g/mol. The minimum atomic E-state index is -0.128. The minimum Gasteiger partial charge on any atom is -0.370 e. The Labute approximate surface area is 119 Å². The van der Waals surface area contributed by atoms with Crippen molar-refractivity contribution in [2.24, 2.45) is 0 Å². The maximum atomic E-state index is 12.4. The van der Waals surface area contributed by atoms with E-state index in [0.717, 1.165) is 39.0 Å². The van der Waals surface area contributed by atoms with Gasteiger partial charge in [0.15, 0.2) is 0 Å². The van der Waals surface area contributed by atoms with Crippen LogP contribution in [-0.2, 0) is 4.74 Å². The van der Waals surface area contributed by atoms with Crippen LogP contribution < -0.4 is 0 Å². The number of rotatable bonds is 1. The van der Waals surface area contributed by atoms with Crippen LogP contribution in [0, 0.1) is 0 Å². The number of hydrogen-bond donors (Lipinski definition) is 0. The second-order valence-electron chi connectivity index (χ2n) is 5.68. The van der Waals surface area contributed by atoms with E-state index in [1.165, 1.54) is 5.57 Å². The number of pyridine rings is 1. The van der Waals surface area contributed by atoms with Gasteiger partial charge in [-0.25, -0.2) is 0 Å². The number of hydrogen-bond acceptors (Lipinski definition) is 3. The van der Waals surface area contributed by atoms with Gasteiger partial charge in [0.2, 0.25) is 0 Å². The van der Waals surface area contributed by atoms with E-state index in [-0.39, 0.29) is 11.5 Å². The average molecular weight is 272 g/mol. The van der Waals surface area contributed by atoms with Crippen LogP contribution in [0.1, 0.15) is 36.5 Å². The van der Waals surface area contributed by atoms with Gasteiger partial charge in [-0.2, -0.15) is 0 Å². The Balaban J connectivity index is 1.67. The van der Waals surface area contributed by atoms with E-state index in [4.69, 9.17) is 4.74 Å². The van der Waals surface area contributed by atoms with Crippen LogP contribution in [0.25, 0.3) is 0 Å². The standard InChI is InChI=1S/C16H20N2O2/c1-13-4-11-20-16(12-13)5-9-18(10-6-16)15(19)14-2-7-17-8-3-14/h2-3,7-8,12H,4-6,9-11H2,1H3. The fraction of sp³-hybridized carbons (Fsp3) is 0.500. The third-order valence-electron chi connectivity index (χ3n) is 4.22. The molecule has 0 unspecified atom stereocenters. The van der Waals surface area contributed by atoms with Crippen LogP contribution >= 0.6 is 0 Å². The quantitative estimate of drug-likeness (QED) is 0.737. The van der Waals surface area contributed by atoms with E-state index in [9.17, 15) is 4.79 Å². The van der Waals surface area contributed by atoms with Gasteiger partial charge in [-0.15, -0.1) is 0 Å². The van der Waals surface area contributed by atoms with Gasteiger partial charge in [-0.3, -0.25) is 9.78 Å². The highest BCUT2D eigenvalue weighted by atomic mass is 16.5. The van der Waals surface area contributed by atoms with Crippen LogP contribution in [-0.4, -0.2) is 41.1 Å². The van der Waals surface area contributed by atoms with Crippen LogP contribution in [0.3, 0.4) is 0 Å². The molecular formula is C16H20N2O2. The molecular weight excluding hydrogens is 252 g/mol. The van der Waals surface area contributed by atoms with Crippen molar-refractivity contribution >= 4 is 5.91 Å². The van der Waals surface area contributed by atoms with Crippen molar-refractivity contribution in [3.8, 4) is 0 Å². The second-order valence-corrected chi connectivity index (χ2v) is 5.68. The summed E-state index contributed by atoms with van der Waals surface area (Å²) in [7, 11) is 0. The number of ether oxygens (including phenoxy) is 1. The van der Waals surface area contributed by atoms with Crippen molar-refractivity contribution in [2.45, 2.75) is 31.8 Å². The Bertz CT molecular complexity index is 517. The average Bonchev–Trinajstić information content (AvgIpc) is 2.48. The van der Waals surface area contributed by atoms with Crippen LogP contribution in [0.4, 0.5) is 0 Å². The van der Waals surface area contributed by atoms with Gasteiger partial charge in [0.05, 0.1) is 12.2 Å². The summed E-state index contributed by atoms with van der Waals surface area (Å²) >= 11 is 0. The number of likely N-dealkylation sites (tertiary alicyclic amines) is 1. The summed E-state index contributed by atoms with van der Waals surface area (Å²) in [6, 6.07) is 3.54. The van der Waals surface area contributed by atoms with Crippen molar-refractivity contribution in [1.29, 1.82) is 0 Å². The molecule has 1 spiro atoms. The normalized spacial score (nSPS) is 21.6. The number of amides is 1. The maximum absolute atomic E-state index is 12.4. The van der Waals surface area contributed by atoms with Crippen LogP contribution in [0.15, 0.2) is 36.2 Å². The fourth-order valence-corrected chi connectivity index (χ4v) is 3.03. The van der Waals surface area contributed by atoms with Crippen molar-refractivity contribution in [1.82, 2.24) is 9.88 Å². The molecule has 20 heavy (non-hydrogen) atoms. The Kier molecular flexibility index (Phi) is 3.57. The topological polar surface area (TPSA) is 42.4 Å². The summed E-state index contributed by atoms with van der Waals surface area (Å²) < 4.78 is 5.99. The van der Waals surface area contributed by atoms with E-state index >= 15 is 0 Å². The van der Waals surface area contributed by atoms with Crippen LogP contribution in [0.5, 0.6) is 0 Å². The third-order valence-corrected chi connectivity index (χ3v) is 4.22. The first-order chi connectivity index (χ1) is 9.69. The zero-order chi connectivity index (χ0) is 14.0. The molecule has 1 amide bonds. The molecule has 4 heteroatoms. The first kappa shape index (κ1) is 13.3. The lowest BCUT2D eigenvalue weighted by atomic mass is 9.87. The Morgan fingerprint density at radius 2 is 2.00 bits per heavy atom. The van der Waals surface area contributed by atoms with Crippen LogP contribution in [0.2, 0.25) is 0 Å². The molecule has 3 heterocycles. The van der Waals surface area contributed by atoms with Gasteiger partial charge in [0.25, 0.3) is 5.91 Å². The smallest absolute Gasteiger partial charge is 0.253 e. The first-order valence-corrected chi connectivity index (χ1v) is 7.20. The van der Waals surface area contributed by atoms with E-state index in [1.807, 2.05) is 4.90 Å². The van der Waals surface area contributed by atoms with Crippen molar-refractivity contribution in [3.05, 3.63) is 41.7 Å². The molecule has 0 aromatic carbocycles. The molecule has 0 bridgehead atoms. The highest BCUT2D eigenvalue weighted by molar-refractivity contribution is 5.94. The third kappa shape index (κ3) is 2.61. The van der Waals surface area contributed by atoms with Gasteiger partial charge in [-0.05, 0) is 38.3 Å². The van der Waals surface area contributed by atoms with Gasteiger partial charge in [-0.1, -0.05) is 11.6 Å². The number of aromatic nitrogens is 1. The first-order valence-electron chi connectivity index (χ1n) is 7.20. The molecule has 1 fully saturated rings. The highest BCUT2D eigenvalue weighted by Gasteiger charge is 2.36. The van der Waals surface area contributed by atoms with E-state index in [1.54, 1.807) is 24.5 Å². The predicted octanol–water partition coefficient (Wildman–Crippen LogP) is 2.42. The molecule has 0 N–H and O–H groups in total. The molecule has 4 nitrogen and oxygen atoms in total. The van der Waals surface area contributed by atoms with Gasteiger partial charge in [0, 0.05) is 31.0 Å². The number of carbonyl (C=O) groups excluding carboxylic acids is 1. The SMILES string of the molecule is CC1=CC2(CCN(C(=O)c3ccncc3)CC2)OCC1. The summed E-state index contributed by atoms with van der Waals surface area (Å²) in [6.07, 6.45) is 8.40. The molecule has 0 radical (unpaired) electrons. The van der Waals surface area contributed by atoms with Crippen molar-refractivity contribution in [2.75, 3.05) is 19.7 Å². The largest absolute Gasteiger partial charge is 0.370 e. The predicted molar refractivity (Wildman–Crippen MR) is 76.4 cm³/mol. The number of nitrogens with zero attached hydrogens (tertiary/aromatic N) is 2. The summed E-state index contributed by atoms with van der Waals surface area (Å²) in [5.41, 5.74) is 1.99. The molecule has 1 saturated heterocycles. The molecule has 0 aliphatic carbocycles. The van der Waals surface area contributed by atoms with E-state index < -0.39 is 0 Å². The number of piperidine rings is 1. The van der Waals surface area contributed by atoms with E-state index in [2.05, 4.69) is 18.0 Å². The summed E-state index contributed by atoms with van der Waals surface area (Å²) in [5, 5.41) is 0. The Hall–Kier alpha value is -1.68. The molecule has 0 saturated carbocycles. The van der Waals surface area contributed by atoms with Gasteiger partial charge >= 0.3 is 0 Å². The lowest BCUT2D eigenvalue weighted by Gasteiger charge is -2.42. The van der Waals surface area contributed by atoms with Crippen molar-refractivity contribution in [3.63, 3.8) is 0 Å². The molecule has 106 valence electrons. The lowest BCUT2D eigenvalue weighted by molar-refractivity contribution is -0.0522. The molecule has 1 aromatic rings. The van der Waals surface area contributed by atoms with Gasteiger partial charge < -0.3 is 9.64 Å². The Morgan fingerprint density at radius 1 is 1.30 bits per heavy atom. The maximum Gasteiger partial charge on any atom is 0.253 e. The zero-order valence-electron chi connectivity index (χ0n) is 11.8. The molecule has 2 aliphatic heterocycles. The Morgan fingerprint density at radius 3 is 2.65 bits per heavy atom. The molecule has 1 aromatic heterocycles. The van der Waals surface area contributed by atoms with Crippen molar-refractivity contribution < 1.29 is 9.53 Å². The molecule has 2 aliphatic rings. The summed E-state index contributed by atoms with van der Waals surface area (Å²) in [6.45, 7) is 4.48. The summed E-state index contributed by atoms with van der Waals surface area (Å²) in [4.78, 5) is 18.2. The molecule has 3 rings (SSSR count). The van der Waals surface area contributed by atoms with E-state index in [0.29, 0.717) is 5.56 Å². The van der Waals surface area contributed by atoms with Gasteiger partial charge in [0.1, 0.15) is 0 Å². The fourth-order valence-electron chi connectivity index (χ4n) is 3.03. The second kappa shape index (κ2) is 5.37. The summed E-state index contributed by atoms with van der Waals surface area (Å²) in [5.74, 6) is 0.0961. The molecule has 0 atom stereocenters. The minimum absolute atomic E-state index is 0.0961. The number of carbonyl (C=O) groups is 1.